The van der Waals surface area contributed by atoms with Crippen molar-refractivity contribution in [3.63, 3.8) is 0 Å². The SMILES string of the molecule is CCc1ccc(-c2csc(NC(=O)C(C)Sc3nnnn3C3CC3)n2)cc1. The van der Waals surface area contributed by atoms with Gasteiger partial charge in [-0.3, -0.25) is 4.79 Å². The molecule has 0 bridgehead atoms. The average Bonchev–Trinajstić information content (AvgIpc) is 3.24. The lowest BCUT2D eigenvalue weighted by Gasteiger charge is -2.09. The number of nitrogens with zero attached hydrogens (tertiary/aromatic N) is 5. The first-order valence-electron chi connectivity index (χ1n) is 8.94. The minimum absolute atomic E-state index is 0.104. The van der Waals surface area contributed by atoms with E-state index in [1.807, 2.05) is 17.0 Å². The van der Waals surface area contributed by atoms with E-state index in [-0.39, 0.29) is 11.2 Å². The number of anilines is 1. The second kappa shape index (κ2) is 7.77. The Morgan fingerprint density at radius 3 is 2.85 bits per heavy atom. The molecule has 1 saturated carbocycles. The number of aromatic nitrogens is 5. The molecule has 1 N–H and O–H groups in total. The van der Waals surface area contributed by atoms with Gasteiger partial charge >= 0.3 is 0 Å². The van der Waals surface area contributed by atoms with Crippen molar-refractivity contribution >= 4 is 34.1 Å². The van der Waals surface area contributed by atoms with Crippen molar-refractivity contribution in [3.8, 4) is 11.3 Å². The molecule has 9 heteroatoms. The van der Waals surface area contributed by atoms with Crippen LogP contribution in [0.3, 0.4) is 0 Å². The summed E-state index contributed by atoms with van der Waals surface area (Å²) < 4.78 is 1.82. The number of tetrazole rings is 1. The van der Waals surface area contributed by atoms with Crippen LogP contribution in [0.25, 0.3) is 11.3 Å². The molecule has 7 nitrogen and oxygen atoms in total. The fraction of sp³-hybridized carbons (Fsp3) is 0.389. The minimum Gasteiger partial charge on any atom is -0.301 e. The summed E-state index contributed by atoms with van der Waals surface area (Å²) in [5.41, 5.74) is 3.22. The van der Waals surface area contributed by atoms with Crippen LogP contribution >= 0.6 is 23.1 Å². The Morgan fingerprint density at radius 2 is 2.15 bits per heavy atom. The van der Waals surface area contributed by atoms with Crippen LogP contribution in [0.2, 0.25) is 0 Å². The molecule has 0 aliphatic heterocycles. The minimum atomic E-state index is -0.315. The molecule has 4 rings (SSSR count). The molecule has 1 aliphatic rings. The summed E-state index contributed by atoms with van der Waals surface area (Å²) in [5.74, 6) is -0.104. The van der Waals surface area contributed by atoms with E-state index in [0.29, 0.717) is 16.3 Å². The third kappa shape index (κ3) is 4.19. The zero-order valence-electron chi connectivity index (χ0n) is 15.1. The summed E-state index contributed by atoms with van der Waals surface area (Å²) in [5, 5.41) is 17.6. The molecule has 0 saturated heterocycles. The fourth-order valence-corrected chi connectivity index (χ4v) is 4.19. The highest BCUT2D eigenvalue weighted by Gasteiger charge is 2.29. The summed E-state index contributed by atoms with van der Waals surface area (Å²) in [6, 6.07) is 8.73. The van der Waals surface area contributed by atoms with Crippen molar-refractivity contribution in [2.24, 2.45) is 0 Å². The molecule has 0 spiro atoms. The summed E-state index contributed by atoms with van der Waals surface area (Å²) in [7, 11) is 0. The molecule has 2 heterocycles. The monoisotopic (exact) mass is 400 g/mol. The largest absolute Gasteiger partial charge is 0.301 e. The molecule has 1 aliphatic carbocycles. The molecular formula is C18H20N6OS2. The maximum absolute atomic E-state index is 12.5. The number of hydrogen-bond donors (Lipinski definition) is 1. The summed E-state index contributed by atoms with van der Waals surface area (Å²) in [4.78, 5) is 17.1. The van der Waals surface area contributed by atoms with Crippen LogP contribution in [0.15, 0.2) is 34.8 Å². The van der Waals surface area contributed by atoms with Gasteiger partial charge in [-0.2, -0.15) is 0 Å². The molecule has 1 aromatic carbocycles. The Bertz CT molecular complexity index is 931. The number of benzene rings is 1. The van der Waals surface area contributed by atoms with Crippen molar-refractivity contribution in [1.82, 2.24) is 25.2 Å². The van der Waals surface area contributed by atoms with Crippen LogP contribution in [0.5, 0.6) is 0 Å². The van der Waals surface area contributed by atoms with Gasteiger partial charge in [0.05, 0.1) is 17.0 Å². The number of carbonyl (C=O) groups is 1. The van der Waals surface area contributed by atoms with Crippen LogP contribution in [0.1, 0.15) is 38.3 Å². The van der Waals surface area contributed by atoms with E-state index in [0.717, 1.165) is 30.5 Å². The van der Waals surface area contributed by atoms with Gasteiger partial charge in [-0.05, 0) is 42.2 Å². The van der Waals surface area contributed by atoms with Gasteiger partial charge in [0.25, 0.3) is 0 Å². The second-order valence-electron chi connectivity index (χ2n) is 6.47. The van der Waals surface area contributed by atoms with E-state index < -0.39 is 0 Å². The van der Waals surface area contributed by atoms with Gasteiger partial charge < -0.3 is 5.32 Å². The number of rotatable bonds is 7. The summed E-state index contributed by atoms with van der Waals surface area (Å²) >= 11 is 2.80. The van der Waals surface area contributed by atoms with E-state index >= 15 is 0 Å². The summed E-state index contributed by atoms with van der Waals surface area (Å²) in [6.45, 7) is 3.98. The lowest BCUT2D eigenvalue weighted by molar-refractivity contribution is -0.115. The quantitative estimate of drug-likeness (QED) is 0.607. The lowest BCUT2D eigenvalue weighted by atomic mass is 10.1. The molecule has 27 heavy (non-hydrogen) atoms. The summed E-state index contributed by atoms with van der Waals surface area (Å²) in [6.07, 6.45) is 3.21. The van der Waals surface area contributed by atoms with Gasteiger partial charge in [-0.1, -0.05) is 43.0 Å². The van der Waals surface area contributed by atoms with Gasteiger partial charge in [0, 0.05) is 10.9 Å². The number of amides is 1. The predicted octanol–water partition coefficient (Wildman–Crippen LogP) is 3.81. The highest BCUT2D eigenvalue weighted by molar-refractivity contribution is 8.00. The van der Waals surface area contributed by atoms with Crippen molar-refractivity contribution < 1.29 is 4.79 Å². The molecule has 3 aromatic rings. The van der Waals surface area contributed by atoms with Crippen molar-refractivity contribution in [2.45, 2.75) is 49.6 Å². The smallest absolute Gasteiger partial charge is 0.239 e. The number of thiazole rings is 1. The number of thioether (sulfide) groups is 1. The Kier molecular flexibility index (Phi) is 5.22. The van der Waals surface area contributed by atoms with Gasteiger partial charge in [-0.15, -0.1) is 16.4 Å². The van der Waals surface area contributed by atoms with Crippen molar-refractivity contribution in [2.75, 3.05) is 5.32 Å². The Hall–Kier alpha value is -2.26. The Morgan fingerprint density at radius 1 is 1.37 bits per heavy atom. The average molecular weight is 401 g/mol. The number of carbonyl (C=O) groups excluding carboxylic acids is 1. The molecule has 1 fully saturated rings. The standard InChI is InChI=1S/C18H20N6OS2/c1-3-12-4-6-13(7-5-12)15-10-26-17(19-15)20-16(25)11(2)27-18-21-22-23-24(18)14-8-9-14/h4-7,10-11,14H,3,8-9H2,1-2H3,(H,19,20,25). The zero-order valence-corrected chi connectivity index (χ0v) is 16.8. The van der Waals surface area contributed by atoms with E-state index in [9.17, 15) is 4.79 Å². The molecule has 1 amide bonds. The highest BCUT2D eigenvalue weighted by Crippen LogP contribution is 2.37. The van der Waals surface area contributed by atoms with Gasteiger partial charge in [-0.25, -0.2) is 9.67 Å². The normalized spacial score (nSPS) is 14.9. The third-order valence-corrected chi connectivity index (χ3v) is 6.20. The number of nitrogens with one attached hydrogen (secondary N) is 1. The van der Waals surface area contributed by atoms with Gasteiger partial charge in [0.2, 0.25) is 11.1 Å². The van der Waals surface area contributed by atoms with E-state index in [1.165, 1.54) is 28.7 Å². The van der Waals surface area contributed by atoms with Crippen LogP contribution in [-0.2, 0) is 11.2 Å². The first-order chi connectivity index (χ1) is 13.1. The molecular weight excluding hydrogens is 380 g/mol. The maximum atomic E-state index is 12.5. The topological polar surface area (TPSA) is 85.6 Å². The van der Waals surface area contributed by atoms with Crippen LogP contribution in [0.4, 0.5) is 5.13 Å². The van der Waals surface area contributed by atoms with Gasteiger partial charge in [0.1, 0.15) is 0 Å². The number of hydrogen-bond acceptors (Lipinski definition) is 7. The Balaban J connectivity index is 1.38. The molecule has 2 aromatic heterocycles. The van der Waals surface area contributed by atoms with Crippen LogP contribution in [-0.4, -0.2) is 36.3 Å². The maximum Gasteiger partial charge on any atom is 0.239 e. The van der Waals surface area contributed by atoms with E-state index in [4.69, 9.17) is 0 Å². The number of aryl methyl sites for hydroxylation is 1. The first-order valence-corrected chi connectivity index (χ1v) is 10.7. The molecule has 1 atom stereocenters. The van der Waals surface area contributed by atoms with Crippen molar-refractivity contribution in [1.29, 1.82) is 0 Å². The third-order valence-electron chi connectivity index (χ3n) is 4.40. The molecule has 0 radical (unpaired) electrons. The molecule has 140 valence electrons. The predicted molar refractivity (Wildman–Crippen MR) is 107 cm³/mol. The second-order valence-corrected chi connectivity index (χ2v) is 8.64. The lowest BCUT2D eigenvalue weighted by Crippen LogP contribution is -2.22. The van der Waals surface area contributed by atoms with E-state index in [1.54, 1.807) is 0 Å². The Labute approximate surface area is 165 Å². The first kappa shape index (κ1) is 18.1. The zero-order chi connectivity index (χ0) is 18.8. The van der Waals surface area contributed by atoms with Crippen LogP contribution in [0, 0.1) is 0 Å². The van der Waals surface area contributed by atoms with Crippen LogP contribution < -0.4 is 5.32 Å². The van der Waals surface area contributed by atoms with E-state index in [2.05, 4.69) is 57.0 Å². The van der Waals surface area contributed by atoms with Crippen molar-refractivity contribution in [3.05, 3.63) is 35.2 Å². The highest BCUT2D eigenvalue weighted by atomic mass is 32.2. The fourth-order valence-electron chi connectivity index (χ4n) is 2.60. The van der Waals surface area contributed by atoms with Gasteiger partial charge in [0.15, 0.2) is 5.13 Å². The molecule has 1 unspecified atom stereocenters.